The largest absolute Gasteiger partial charge is 0.395 e. The highest BCUT2D eigenvalue weighted by Crippen LogP contribution is 2.15. The summed E-state index contributed by atoms with van der Waals surface area (Å²) in [4.78, 5) is 1.96. The van der Waals surface area contributed by atoms with Crippen LogP contribution in [0, 0.1) is 0 Å². The number of rotatable bonds is 4. The Bertz CT molecular complexity index is 242. The molecule has 68 valence electrons. The fourth-order valence-electron chi connectivity index (χ4n) is 0.778. The first kappa shape index (κ1) is 9.85. The van der Waals surface area contributed by atoms with Crippen LogP contribution in [0.4, 0.5) is 0 Å². The summed E-state index contributed by atoms with van der Waals surface area (Å²) in [5, 5.41) is 17.0. The van der Waals surface area contributed by atoms with Crippen LogP contribution < -0.4 is 0 Å². The van der Waals surface area contributed by atoms with E-state index in [2.05, 4.69) is 10.2 Å². The van der Waals surface area contributed by atoms with E-state index < -0.39 is 0 Å². The van der Waals surface area contributed by atoms with Crippen LogP contribution in [-0.4, -0.2) is 40.4 Å². The zero-order valence-electron chi connectivity index (χ0n) is 6.70. The van der Waals surface area contributed by atoms with Crippen molar-refractivity contribution in [1.29, 1.82) is 0 Å². The van der Waals surface area contributed by atoms with Gasteiger partial charge in [-0.05, 0) is 18.6 Å². The summed E-state index contributed by atoms with van der Waals surface area (Å²) in [5.74, 6) is 0. The van der Waals surface area contributed by atoms with Crippen molar-refractivity contribution in [2.24, 2.45) is 0 Å². The van der Waals surface area contributed by atoms with Gasteiger partial charge in [-0.2, -0.15) is 0 Å². The smallest absolute Gasteiger partial charge is 0.207 e. The second-order valence-corrected chi connectivity index (χ2v) is 4.05. The summed E-state index contributed by atoms with van der Waals surface area (Å²) in [5.41, 5.74) is 0. The van der Waals surface area contributed by atoms with E-state index >= 15 is 0 Å². The van der Waals surface area contributed by atoms with E-state index in [0.29, 0.717) is 17.6 Å². The third-order valence-electron chi connectivity index (χ3n) is 1.33. The van der Waals surface area contributed by atoms with Gasteiger partial charge in [0.15, 0.2) is 0 Å². The lowest BCUT2D eigenvalue weighted by Gasteiger charge is -2.11. The third-order valence-corrected chi connectivity index (χ3v) is 2.33. The first-order chi connectivity index (χ1) is 5.72. The van der Waals surface area contributed by atoms with Gasteiger partial charge in [0.25, 0.3) is 0 Å². The Morgan fingerprint density at radius 3 is 2.83 bits per heavy atom. The maximum absolute atomic E-state index is 8.62. The minimum Gasteiger partial charge on any atom is -0.395 e. The molecular weight excluding hydrogens is 198 g/mol. The molecule has 1 aromatic rings. The zero-order chi connectivity index (χ0) is 8.97. The van der Waals surface area contributed by atoms with Crippen LogP contribution in [0.5, 0.6) is 0 Å². The molecule has 1 aromatic heterocycles. The molecule has 1 heterocycles. The number of hydrogen-bond acceptors (Lipinski definition) is 5. The Morgan fingerprint density at radius 1 is 1.58 bits per heavy atom. The van der Waals surface area contributed by atoms with Crippen LogP contribution in [0.1, 0.15) is 5.01 Å². The van der Waals surface area contributed by atoms with Crippen molar-refractivity contribution in [2.45, 2.75) is 6.54 Å². The Hall–Kier alpha value is -0.230. The van der Waals surface area contributed by atoms with Crippen molar-refractivity contribution in [1.82, 2.24) is 15.1 Å². The minimum absolute atomic E-state index is 0.156. The van der Waals surface area contributed by atoms with Crippen LogP contribution >= 0.6 is 22.9 Å². The molecule has 0 aromatic carbocycles. The summed E-state index contributed by atoms with van der Waals surface area (Å²) in [6, 6.07) is 0. The van der Waals surface area contributed by atoms with E-state index in [9.17, 15) is 0 Å². The summed E-state index contributed by atoms with van der Waals surface area (Å²) < 4.78 is 0.461. The lowest BCUT2D eigenvalue weighted by Crippen LogP contribution is -2.21. The maximum Gasteiger partial charge on any atom is 0.207 e. The molecule has 0 saturated heterocycles. The van der Waals surface area contributed by atoms with Gasteiger partial charge < -0.3 is 5.11 Å². The van der Waals surface area contributed by atoms with Crippen molar-refractivity contribution in [2.75, 3.05) is 20.2 Å². The number of likely N-dealkylation sites (N-methyl/N-ethyl adjacent to an activating group) is 1. The van der Waals surface area contributed by atoms with E-state index in [1.54, 1.807) is 0 Å². The van der Waals surface area contributed by atoms with Gasteiger partial charge in [-0.25, -0.2) is 0 Å². The number of aliphatic hydroxyl groups is 1. The maximum atomic E-state index is 8.62. The average molecular weight is 208 g/mol. The highest BCUT2D eigenvalue weighted by Gasteiger charge is 2.04. The number of aromatic nitrogens is 2. The van der Waals surface area contributed by atoms with E-state index in [-0.39, 0.29) is 6.61 Å². The van der Waals surface area contributed by atoms with Crippen LogP contribution in [-0.2, 0) is 6.54 Å². The van der Waals surface area contributed by atoms with Crippen molar-refractivity contribution in [3.05, 3.63) is 9.47 Å². The van der Waals surface area contributed by atoms with Gasteiger partial charge in [-0.3, -0.25) is 4.90 Å². The van der Waals surface area contributed by atoms with E-state index in [4.69, 9.17) is 16.7 Å². The van der Waals surface area contributed by atoms with Gasteiger partial charge in [-0.15, -0.1) is 10.2 Å². The van der Waals surface area contributed by atoms with Crippen LogP contribution in [0.3, 0.4) is 0 Å². The zero-order valence-corrected chi connectivity index (χ0v) is 8.27. The normalized spacial score (nSPS) is 11.0. The quantitative estimate of drug-likeness (QED) is 0.787. The summed E-state index contributed by atoms with van der Waals surface area (Å²) in [6.07, 6.45) is 0. The number of halogens is 1. The molecule has 0 unspecified atom stereocenters. The summed E-state index contributed by atoms with van der Waals surface area (Å²) >= 11 is 6.96. The molecule has 1 N–H and O–H groups in total. The second-order valence-electron chi connectivity index (χ2n) is 2.41. The lowest BCUT2D eigenvalue weighted by molar-refractivity contribution is 0.217. The van der Waals surface area contributed by atoms with Gasteiger partial charge in [-0.1, -0.05) is 11.3 Å². The predicted molar refractivity (Wildman–Crippen MR) is 48.3 cm³/mol. The molecule has 12 heavy (non-hydrogen) atoms. The first-order valence-corrected chi connectivity index (χ1v) is 4.69. The molecule has 1 rings (SSSR count). The highest BCUT2D eigenvalue weighted by molar-refractivity contribution is 7.15. The van der Waals surface area contributed by atoms with Gasteiger partial charge >= 0.3 is 0 Å². The van der Waals surface area contributed by atoms with Crippen LogP contribution in [0.15, 0.2) is 0 Å². The molecule has 0 amide bonds. The van der Waals surface area contributed by atoms with Crippen molar-refractivity contribution < 1.29 is 5.11 Å². The van der Waals surface area contributed by atoms with Crippen LogP contribution in [0.25, 0.3) is 0 Å². The van der Waals surface area contributed by atoms with Crippen molar-refractivity contribution >= 4 is 22.9 Å². The topological polar surface area (TPSA) is 49.2 Å². The van der Waals surface area contributed by atoms with E-state index in [0.717, 1.165) is 5.01 Å². The first-order valence-electron chi connectivity index (χ1n) is 3.49. The van der Waals surface area contributed by atoms with Crippen LogP contribution in [0.2, 0.25) is 4.47 Å². The Balaban J connectivity index is 2.41. The molecular formula is C6H10ClN3OS. The van der Waals surface area contributed by atoms with Crippen molar-refractivity contribution in [3.63, 3.8) is 0 Å². The molecule has 0 spiro atoms. The minimum atomic E-state index is 0.156. The number of nitrogens with zero attached hydrogens (tertiary/aromatic N) is 3. The van der Waals surface area contributed by atoms with Gasteiger partial charge in [0.1, 0.15) is 5.01 Å². The third kappa shape index (κ3) is 3.02. The second kappa shape index (κ2) is 4.71. The Labute approximate surface area is 79.8 Å². The van der Waals surface area contributed by atoms with Gasteiger partial charge in [0.05, 0.1) is 13.2 Å². The van der Waals surface area contributed by atoms with E-state index in [1.165, 1.54) is 11.3 Å². The molecule has 4 nitrogen and oxygen atoms in total. The fourth-order valence-corrected chi connectivity index (χ4v) is 1.73. The molecule has 0 radical (unpaired) electrons. The van der Waals surface area contributed by atoms with Gasteiger partial charge in [0.2, 0.25) is 4.47 Å². The number of aliphatic hydroxyl groups excluding tert-OH is 1. The van der Waals surface area contributed by atoms with Gasteiger partial charge in [0, 0.05) is 6.54 Å². The summed E-state index contributed by atoms with van der Waals surface area (Å²) in [7, 11) is 1.91. The summed E-state index contributed by atoms with van der Waals surface area (Å²) in [6.45, 7) is 1.48. The molecule has 0 aliphatic carbocycles. The lowest BCUT2D eigenvalue weighted by atomic mass is 10.5. The predicted octanol–water partition coefficient (Wildman–Crippen LogP) is 0.616. The molecule has 6 heteroatoms. The van der Waals surface area contributed by atoms with E-state index in [1.807, 2.05) is 11.9 Å². The molecule has 0 aliphatic rings. The fraction of sp³-hybridized carbons (Fsp3) is 0.667. The molecule has 0 atom stereocenters. The SMILES string of the molecule is CN(CCO)Cc1nnc(Cl)s1. The standard InChI is InChI=1S/C6H10ClN3OS/c1-10(2-3-11)4-5-8-9-6(7)12-5/h11H,2-4H2,1H3. The average Bonchev–Trinajstić information content (AvgIpc) is 2.36. The molecule has 0 saturated carbocycles. The number of hydrogen-bond donors (Lipinski definition) is 1. The van der Waals surface area contributed by atoms with Crippen molar-refractivity contribution in [3.8, 4) is 0 Å². The Kier molecular flexibility index (Phi) is 3.87. The highest BCUT2D eigenvalue weighted by atomic mass is 35.5. The molecule has 0 aliphatic heterocycles. The Morgan fingerprint density at radius 2 is 2.33 bits per heavy atom. The monoisotopic (exact) mass is 207 g/mol. The molecule has 0 fully saturated rings. The molecule has 0 bridgehead atoms.